The summed E-state index contributed by atoms with van der Waals surface area (Å²) in [7, 11) is 0. The third kappa shape index (κ3) is 3.79. The molecular formula is C20H19Br2FN2O5. The van der Waals surface area contributed by atoms with E-state index in [1.54, 1.807) is 0 Å². The zero-order chi connectivity index (χ0) is 21.6. The third-order valence-corrected chi connectivity index (χ3v) is 9.32. The molecule has 3 fully saturated rings. The molecule has 0 radical (unpaired) electrons. The van der Waals surface area contributed by atoms with Crippen LogP contribution in [0, 0.1) is 29.5 Å². The zero-order valence-electron chi connectivity index (χ0n) is 15.7. The molecule has 7 nitrogen and oxygen atoms in total. The smallest absolute Gasteiger partial charge is 0.308 e. The average molecular weight is 546 g/mol. The zero-order valence-corrected chi connectivity index (χ0v) is 18.9. The molecule has 160 valence electrons. The quantitative estimate of drug-likeness (QED) is 0.337. The number of esters is 1. The molecule has 1 heterocycles. The van der Waals surface area contributed by atoms with Gasteiger partial charge in [0.1, 0.15) is 5.82 Å². The van der Waals surface area contributed by atoms with E-state index in [1.807, 2.05) is 0 Å². The number of benzene rings is 1. The van der Waals surface area contributed by atoms with Crippen molar-refractivity contribution in [3.63, 3.8) is 0 Å². The minimum absolute atomic E-state index is 0.0531. The number of imide groups is 1. The summed E-state index contributed by atoms with van der Waals surface area (Å²) in [6.45, 7) is -0.563. The summed E-state index contributed by atoms with van der Waals surface area (Å²) in [5.74, 6) is -2.52. The maximum atomic E-state index is 12.9. The molecule has 3 aliphatic rings. The lowest BCUT2D eigenvalue weighted by Gasteiger charge is -2.28. The third-order valence-electron chi connectivity index (χ3n) is 6.11. The topological polar surface area (TPSA) is 92.8 Å². The van der Waals surface area contributed by atoms with E-state index in [2.05, 4.69) is 37.2 Å². The van der Waals surface area contributed by atoms with Gasteiger partial charge in [-0.2, -0.15) is 0 Å². The van der Waals surface area contributed by atoms with Crippen LogP contribution in [0.2, 0.25) is 0 Å². The number of fused-ring (bicyclic) bond motifs is 5. The van der Waals surface area contributed by atoms with E-state index < -0.39 is 24.3 Å². The Morgan fingerprint density at radius 1 is 1.07 bits per heavy atom. The Balaban J connectivity index is 1.25. The molecule has 0 aromatic heterocycles. The summed E-state index contributed by atoms with van der Waals surface area (Å²) in [5.41, 5.74) is 0.377. The first-order valence-corrected chi connectivity index (χ1v) is 11.5. The number of nitrogens with one attached hydrogen (secondary N) is 1. The van der Waals surface area contributed by atoms with Crippen LogP contribution in [-0.4, -0.2) is 51.4 Å². The van der Waals surface area contributed by atoms with E-state index in [1.165, 1.54) is 29.2 Å². The molecule has 6 atom stereocenters. The molecule has 1 aromatic rings. The summed E-state index contributed by atoms with van der Waals surface area (Å²) >= 11 is 7.26. The number of anilines is 1. The highest BCUT2D eigenvalue weighted by atomic mass is 79.9. The van der Waals surface area contributed by atoms with Crippen LogP contribution in [-0.2, 0) is 23.9 Å². The van der Waals surface area contributed by atoms with E-state index in [0.29, 0.717) is 5.69 Å². The highest BCUT2D eigenvalue weighted by Crippen LogP contribution is 2.60. The Labute approximate surface area is 188 Å². The highest BCUT2D eigenvalue weighted by molar-refractivity contribution is 9.12. The second-order valence-electron chi connectivity index (χ2n) is 7.80. The van der Waals surface area contributed by atoms with Gasteiger partial charge in [-0.3, -0.25) is 24.1 Å². The fraction of sp³-hybridized carbons (Fsp3) is 0.500. The number of hydrogen-bond donors (Lipinski definition) is 1. The van der Waals surface area contributed by atoms with E-state index in [-0.39, 0.29) is 58.1 Å². The van der Waals surface area contributed by atoms with Crippen LogP contribution < -0.4 is 5.32 Å². The van der Waals surface area contributed by atoms with Crippen LogP contribution in [0.3, 0.4) is 0 Å². The lowest BCUT2D eigenvalue weighted by molar-refractivity contribution is -0.149. The van der Waals surface area contributed by atoms with Crippen LogP contribution in [0.1, 0.15) is 12.8 Å². The van der Waals surface area contributed by atoms with Gasteiger partial charge in [-0.15, -0.1) is 0 Å². The molecule has 4 rings (SSSR count). The normalized spacial score (nSPS) is 31.8. The van der Waals surface area contributed by atoms with Gasteiger partial charge in [0.05, 0.1) is 18.3 Å². The van der Waals surface area contributed by atoms with E-state index in [0.717, 1.165) is 6.42 Å². The first-order chi connectivity index (χ1) is 14.3. The molecule has 1 N–H and O–H groups in total. The van der Waals surface area contributed by atoms with Crippen molar-refractivity contribution in [2.24, 2.45) is 23.7 Å². The van der Waals surface area contributed by atoms with Gasteiger partial charge in [-0.1, -0.05) is 31.9 Å². The van der Waals surface area contributed by atoms with Crippen LogP contribution in [0.25, 0.3) is 0 Å². The monoisotopic (exact) mass is 544 g/mol. The van der Waals surface area contributed by atoms with Crippen LogP contribution >= 0.6 is 31.9 Å². The number of amides is 3. The molecule has 1 aliphatic heterocycles. The summed E-state index contributed by atoms with van der Waals surface area (Å²) in [4.78, 5) is 50.8. The number of rotatable bonds is 6. The van der Waals surface area contributed by atoms with Crippen molar-refractivity contribution in [1.82, 2.24) is 4.90 Å². The number of halogens is 3. The summed E-state index contributed by atoms with van der Waals surface area (Å²) in [6.07, 6.45) is 0.670. The molecule has 10 heteroatoms. The largest absolute Gasteiger partial charge is 0.456 e. The Morgan fingerprint density at radius 2 is 1.63 bits per heavy atom. The predicted octanol–water partition coefficient (Wildman–Crippen LogP) is 2.48. The molecule has 3 amide bonds. The highest BCUT2D eigenvalue weighted by Gasteiger charge is 2.66. The number of nitrogens with zero attached hydrogens (tertiary/aromatic N) is 1. The van der Waals surface area contributed by atoms with E-state index >= 15 is 0 Å². The summed E-state index contributed by atoms with van der Waals surface area (Å²) < 4.78 is 17.8. The molecule has 0 spiro atoms. The van der Waals surface area contributed by atoms with Crippen molar-refractivity contribution in [2.75, 3.05) is 18.5 Å². The van der Waals surface area contributed by atoms with Crippen molar-refractivity contribution in [2.45, 2.75) is 22.5 Å². The number of likely N-dealkylation sites (tertiary alicyclic amines) is 1. The lowest BCUT2D eigenvalue weighted by atomic mass is 9.81. The number of carbonyl (C=O) groups excluding carboxylic acids is 4. The molecule has 30 heavy (non-hydrogen) atoms. The summed E-state index contributed by atoms with van der Waals surface area (Å²) in [6, 6.07) is 5.17. The maximum Gasteiger partial charge on any atom is 0.308 e. The van der Waals surface area contributed by atoms with Gasteiger partial charge in [0.15, 0.2) is 6.61 Å². The van der Waals surface area contributed by atoms with Gasteiger partial charge in [0.2, 0.25) is 11.8 Å². The van der Waals surface area contributed by atoms with Crippen molar-refractivity contribution in [1.29, 1.82) is 0 Å². The Hall–Kier alpha value is -1.81. The van der Waals surface area contributed by atoms with Gasteiger partial charge >= 0.3 is 5.97 Å². The lowest BCUT2D eigenvalue weighted by Crippen LogP contribution is -2.37. The van der Waals surface area contributed by atoms with Gasteiger partial charge in [-0.25, -0.2) is 4.39 Å². The van der Waals surface area contributed by atoms with E-state index in [4.69, 9.17) is 4.74 Å². The Bertz CT molecular complexity index is 864. The SMILES string of the molecule is O=C(COC(=O)CCN1C(=O)[C@@H]2[C@H]3C[C@@H]([C@H](Br)[C@@H]3Br)[C@@H]2C1=O)Nc1ccc(F)cc1. The van der Waals surface area contributed by atoms with Gasteiger partial charge in [-0.05, 0) is 42.5 Å². The molecule has 2 saturated carbocycles. The molecule has 1 aromatic carbocycles. The van der Waals surface area contributed by atoms with Crippen LogP contribution in [0.15, 0.2) is 24.3 Å². The van der Waals surface area contributed by atoms with Crippen LogP contribution in [0.4, 0.5) is 10.1 Å². The van der Waals surface area contributed by atoms with Crippen molar-refractivity contribution < 1.29 is 28.3 Å². The number of ether oxygens (including phenoxy) is 1. The molecule has 2 aliphatic carbocycles. The Kier molecular flexibility index (Phi) is 5.98. The molecular weight excluding hydrogens is 527 g/mol. The number of hydrogen-bond acceptors (Lipinski definition) is 5. The van der Waals surface area contributed by atoms with Gasteiger partial charge in [0.25, 0.3) is 5.91 Å². The number of alkyl halides is 2. The van der Waals surface area contributed by atoms with Gasteiger partial charge < -0.3 is 10.1 Å². The van der Waals surface area contributed by atoms with E-state index in [9.17, 15) is 23.6 Å². The molecule has 1 saturated heterocycles. The number of carbonyl (C=O) groups is 4. The maximum absolute atomic E-state index is 12.9. The summed E-state index contributed by atoms with van der Waals surface area (Å²) in [5, 5.41) is 2.48. The first kappa shape index (κ1) is 21.4. The Morgan fingerprint density at radius 3 is 2.20 bits per heavy atom. The minimum atomic E-state index is -0.679. The predicted molar refractivity (Wildman–Crippen MR) is 111 cm³/mol. The molecule has 2 bridgehead atoms. The van der Waals surface area contributed by atoms with Crippen molar-refractivity contribution in [3.05, 3.63) is 30.1 Å². The minimum Gasteiger partial charge on any atom is -0.456 e. The standard InChI is InChI=1S/C20H19Br2FN2O5/c21-17-11-7-12(18(17)22)16-15(11)19(28)25(20(16)29)6-5-14(27)30-8-13(26)24-10-3-1-9(23)2-4-10/h1-4,11-12,15-18H,5-8H2,(H,24,26)/t11-,12-,15-,16+,17-,18+/m1/s1. The van der Waals surface area contributed by atoms with Crippen molar-refractivity contribution in [3.8, 4) is 0 Å². The van der Waals surface area contributed by atoms with Gasteiger partial charge in [0, 0.05) is 21.9 Å². The average Bonchev–Trinajstić information content (AvgIpc) is 3.32. The molecule has 0 unspecified atom stereocenters. The second-order valence-corrected chi connectivity index (χ2v) is 9.91. The first-order valence-electron chi connectivity index (χ1n) is 9.62. The second kappa shape index (κ2) is 8.37. The fourth-order valence-electron chi connectivity index (χ4n) is 4.78. The van der Waals surface area contributed by atoms with Crippen LogP contribution in [0.5, 0.6) is 0 Å². The fourth-order valence-corrected chi connectivity index (χ4v) is 6.66. The van der Waals surface area contributed by atoms with Crippen molar-refractivity contribution >= 4 is 61.2 Å².